The smallest absolute Gasteiger partial charge is 0.126 e. The Kier molecular flexibility index (Phi) is 4.26. The molecule has 114 valence electrons. The molecule has 4 nitrogen and oxygen atoms in total. The molecule has 0 aliphatic heterocycles. The van der Waals surface area contributed by atoms with E-state index in [-0.39, 0.29) is 5.54 Å². The summed E-state index contributed by atoms with van der Waals surface area (Å²) in [4.78, 5) is 0. The van der Waals surface area contributed by atoms with Crippen molar-refractivity contribution >= 4 is 5.69 Å². The number of hydrogen-bond donors (Lipinski definition) is 1. The van der Waals surface area contributed by atoms with E-state index in [1.54, 1.807) is 7.11 Å². The first-order valence-electron chi connectivity index (χ1n) is 7.25. The number of nitrogens with one attached hydrogen (secondary N) is 1. The maximum absolute atomic E-state index is 5.46. The second-order valence-electron chi connectivity index (χ2n) is 6.41. The molecule has 1 aromatic carbocycles. The summed E-state index contributed by atoms with van der Waals surface area (Å²) in [5.41, 5.74) is 4.58. The molecule has 1 aromatic heterocycles. The Morgan fingerprint density at radius 1 is 1.24 bits per heavy atom. The fourth-order valence-corrected chi connectivity index (χ4v) is 2.35. The minimum Gasteiger partial charge on any atom is -0.496 e. The van der Waals surface area contributed by atoms with Crippen LogP contribution in [0.2, 0.25) is 0 Å². The molecule has 0 radical (unpaired) electrons. The van der Waals surface area contributed by atoms with E-state index in [1.807, 2.05) is 10.9 Å². The highest BCUT2D eigenvalue weighted by Gasteiger charge is 2.14. The van der Waals surface area contributed by atoms with Gasteiger partial charge in [-0.15, -0.1) is 0 Å². The van der Waals surface area contributed by atoms with Gasteiger partial charge in [-0.2, -0.15) is 5.10 Å². The number of aromatic nitrogens is 2. The van der Waals surface area contributed by atoms with Crippen molar-refractivity contribution in [3.05, 3.63) is 41.2 Å². The van der Waals surface area contributed by atoms with Crippen LogP contribution in [0, 0.1) is 13.8 Å². The average Bonchev–Trinajstić information content (AvgIpc) is 2.87. The number of benzene rings is 1. The van der Waals surface area contributed by atoms with Gasteiger partial charge in [0.25, 0.3) is 0 Å². The molecule has 4 heteroatoms. The van der Waals surface area contributed by atoms with Gasteiger partial charge < -0.3 is 10.1 Å². The largest absolute Gasteiger partial charge is 0.496 e. The highest BCUT2D eigenvalue weighted by atomic mass is 16.5. The highest BCUT2D eigenvalue weighted by Crippen LogP contribution is 2.29. The third-order valence-corrected chi connectivity index (χ3v) is 3.61. The predicted molar refractivity (Wildman–Crippen MR) is 87.0 cm³/mol. The zero-order valence-electron chi connectivity index (χ0n) is 13.8. The summed E-state index contributed by atoms with van der Waals surface area (Å²) >= 11 is 0. The molecular weight excluding hydrogens is 262 g/mol. The molecule has 0 spiro atoms. The van der Waals surface area contributed by atoms with Crippen molar-refractivity contribution in [3.63, 3.8) is 0 Å². The zero-order chi connectivity index (χ0) is 15.6. The first-order chi connectivity index (χ1) is 9.82. The lowest BCUT2D eigenvalue weighted by Gasteiger charge is -2.18. The van der Waals surface area contributed by atoms with E-state index < -0.39 is 0 Å². The minimum absolute atomic E-state index is 0.0151. The molecule has 0 aliphatic rings. The van der Waals surface area contributed by atoms with E-state index in [0.717, 1.165) is 29.1 Å². The SMILES string of the molecule is COc1c(C)ccc(NCc2cnn(C(C)(C)C)c2)c1C. The summed E-state index contributed by atoms with van der Waals surface area (Å²) in [6.45, 7) is 11.3. The average molecular weight is 287 g/mol. The molecule has 1 N–H and O–H groups in total. The lowest BCUT2D eigenvalue weighted by atomic mass is 10.1. The first kappa shape index (κ1) is 15.4. The van der Waals surface area contributed by atoms with E-state index in [2.05, 4.69) is 63.4 Å². The fraction of sp³-hybridized carbons (Fsp3) is 0.471. The molecule has 0 atom stereocenters. The van der Waals surface area contributed by atoms with Gasteiger partial charge in [-0.25, -0.2) is 0 Å². The topological polar surface area (TPSA) is 39.1 Å². The molecule has 0 unspecified atom stereocenters. The summed E-state index contributed by atoms with van der Waals surface area (Å²) in [5.74, 6) is 0.949. The van der Waals surface area contributed by atoms with Crippen molar-refractivity contribution < 1.29 is 4.74 Å². The molecule has 0 saturated heterocycles. The van der Waals surface area contributed by atoms with E-state index >= 15 is 0 Å². The van der Waals surface area contributed by atoms with Crippen LogP contribution in [0.1, 0.15) is 37.5 Å². The number of hydrogen-bond acceptors (Lipinski definition) is 3. The molecule has 2 rings (SSSR count). The Labute approximate surface area is 127 Å². The number of anilines is 1. The lowest BCUT2D eigenvalue weighted by molar-refractivity contribution is 0.355. The van der Waals surface area contributed by atoms with Crippen LogP contribution in [-0.4, -0.2) is 16.9 Å². The van der Waals surface area contributed by atoms with Crippen LogP contribution in [0.3, 0.4) is 0 Å². The summed E-state index contributed by atoms with van der Waals surface area (Å²) < 4.78 is 7.45. The van der Waals surface area contributed by atoms with Crippen molar-refractivity contribution in [2.75, 3.05) is 12.4 Å². The van der Waals surface area contributed by atoms with E-state index in [4.69, 9.17) is 4.74 Å². The molecular formula is C17H25N3O. The molecule has 0 saturated carbocycles. The molecule has 1 heterocycles. The van der Waals surface area contributed by atoms with Gasteiger partial charge in [-0.05, 0) is 46.2 Å². The molecule has 0 fully saturated rings. The van der Waals surface area contributed by atoms with Gasteiger partial charge in [-0.3, -0.25) is 4.68 Å². The molecule has 0 bridgehead atoms. The quantitative estimate of drug-likeness (QED) is 0.927. The van der Waals surface area contributed by atoms with Crippen LogP contribution in [-0.2, 0) is 12.1 Å². The van der Waals surface area contributed by atoms with Gasteiger partial charge in [0.15, 0.2) is 0 Å². The molecule has 2 aromatic rings. The zero-order valence-corrected chi connectivity index (χ0v) is 13.8. The van der Waals surface area contributed by atoms with Gasteiger partial charge >= 0.3 is 0 Å². The van der Waals surface area contributed by atoms with Crippen molar-refractivity contribution in [2.45, 2.75) is 46.7 Å². The van der Waals surface area contributed by atoms with Crippen LogP contribution in [0.15, 0.2) is 24.5 Å². The van der Waals surface area contributed by atoms with E-state index in [1.165, 1.54) is 5.56 Å². The second kappa shape index (κ2) is 5.80. The van der Waals surface area contributed by atoms with Gasteiger partial charge in [0.2, 0.25) is 0 Å². The number of aryl methyl sites for hydroxylation is 1. The van der Waals surface area contributed by atoms with E-state index in [0.29, 0.717) is 0 Å². The second-order valence-corrected chi connectivity index (χ2v) is 6.41. The summed E-state index contributed by atoms with van der Waals surface area (Å²) in [6, 6.07) is 4.17. The molecule has 0 aliphatic carbocycles. The highest BCUT2D eigenvalue weighted by molar-refractivity contribution is 5.59. The summed E-state index contributed by atoms with van der Waals surface area (Å²) in [7, 11) is 1.71. The molecule has 21 heavy (non-hydrogen) atoms. The van der Waals surface area contributed by atoms with Crippen LogP contribution < -0.4 is 10.1 Å². The Hall–Kier alpha value is -1.97. The van der Waals surface area contributed by atoms with Crippen molar-refractivity contribution in [1.82, 2.24) is 9.78 Å². The van der Waals surface area contributed by atoms with Gasteiger partial charge in [0.1, 0.15) is 5.75 Å². The Morgan fingerprint density at radius 2 is 1.95 bits per heavy atom. The van der Waals surface area contributed by atoms with Crippen molar-refractivity contribution in [1.29, 1.82) is 0 Å². The van der Waals surface area contributed by atoms with Gasteiger partial charge in [0.05, 0.1) is 18.8 Å². The lowest BCUT2D eigenvalue weighted by Crippen LogP contribution is -2.21. The maximum Gasteiger partial charge on any atom is 0.126 e. The Balaban J connectivity index is 2.12. The first-order valence-corrected chi connectivity index (χ1v) is 7.25. The Morgan fingerprint density at radius 3 is 2.52 bits per heavy atom. The minimum atomic E-state index is 0.0151. The van der Waals surface area contributed by atoms with Crippen LogP contribution in [0.4, 0.5) is 5.69 Å². The predicted octanol–water partition coefficient (Wildman–Crippen LogP) is 3.88. The van der Waals surface area contributed by atoms with Crippen LogP contribution in [0.25, 0.3) is 0 Å². The summed E-state index contributed by atoms with van der Waals surface area (Å²) in [6.07, 6.45) is 4.01. The Bertz CT molecular complexity index is 623. The third kappa shape index (κ3) is 3.38. The standard InChI is InChI=1S/C17H25N3O/c1-12-7-8-15(13(2)16(12)21-6)18-9-14-10-19-20(11-14)17(3,4)5/h7-8,10-11,18H,9H2,1-6H3. The third-order valence-electron chi connectivity index (χ3n) is 3.61. The normalized spacial score (nSPS) is 11.5. The number of nitrogens with zero attached hydrogens (tertiary/aromatic N) is 2. The summed E-state index contributed by atoms with van der Waals surface area (Å²) in [5, 5.41) is 7.88. The number of ether oxygens (including phenoxy) is 1. The maximum atomic E-state index is 5.46. The van der Waals surface area contributed by atoms with Crippen molar-refractivity contribution in [2.24, 2.45) is 0 Å². The van der Waals surface area contributed by atoms with Gasteiger partial charge in [-0.1, -0.05) is 6.07 Å². The molecule has 0 amide bonds. The number of rotatable bonds is 4. The fourth-order valence-electron chi connectivity index (χ4n) is 2.35. The van der Waals surface area contributed by atoms with Gasteiger partial charge in [0, 0.05) is 29.6 Å². The number of methoxy groups -OCH3 is 1. The van der Waals surface area contributed by atoms with Crippen LogP contribution >= 0.6 is 0 Å². The van der Waals surface area contributed by atoms with E-state index in [9.17, 15) is 0 Å². The van der Waals surface area contributed by atoms with Crippen LogP contribution in [0.5, 0.6) is 5.75 Å². The monoisotopic (exact) mass is 287 g/mol. The van der Waals surface area contributed by atoms with Crippen molar-refractivity contribution in [3.8, 4) is 5.75 Å².